The van der Waals surface area contributed by atoms with Crippen molar-refractivity contribution in [3.63, 3.8) is 0 Å². The van der Waals surface area contributed by atoms with Crippen molar-refractivity contribution in [2.24, 2.45) is 0 Å². The SMILES string of the molecule is O=C1c2ccccc2C(=O)N1CCCCN1CCN(c2ncc(F)cn2)CC1. The normalized spacial score (nSPS) is 17.3. The molecule has 0 unspecified atom stereocenters. The summed E-state index contributed by atoms with van der Waals surface area (Å²) in [6.07, 6.45) is 4.08. The van der Waals surface area contributed by atoms with Gasteiger partial charge < -0.3 is 4.90 Å². The summed E-state index contributed by atoms with van der Waals surface area (Å²) in [4.78, 5) is 38.5. The quantitative estimate of drug-likeness (QED) is 0.560. The van der Waals surface area contributed by atoms with Gasteiger partial charge in [0.2, 0.25) is 5.95 Å². The van der Waals surface area contributed by atoms with E-state index in [1.165, 1.54) is 17.3 Å². The third kappa shape index (κ3) is 3.73. The number of fused-ring (bicyclic) bond motifs is 1. The van der Waals surface area contributed by atoms with Crippen LogP contribution in [0.3, 0.4) is 0 Å². The van der Waals surface area contributed by atoms with Crippen LogP contribution < -0.4 is 4.90 Å². The lowest BCUT2D eigenvalue weighted by atomic mass is 10.1. The van der Waals surface area contributed by atoms with Crippen LogP contribution in [0.4, 0.5) is 10.3 Å². The van der Waals surface area contributed by atoms with Gasteiger partial charge >= 0.3 is 0 Å². The van der Waals surface area contributed by atoms with E-state index in [1.807, 2.05) is 0 Å². The van der Waals surface area contributed by atoms with Gasteiger partial charge in [-0.15, -0.1) is 0 Å². The third-order valence-electron chi connectivity index (χ3n) is 5.25. The van der Waals surface area contributed by atoms with Crippen molar-refractivity contribution >= 4 is 17.8 Å². The molecule has 2 amide bonds. The van der Waals surface area contributed by atoms with Gasteiger partial charge in [0.25, 0.3) is 11.8 Å². The molecule has 1 aromatic heterocycles. The Hall–Kier alpha value is -2.87. The number of anilines is 1. The maximum Gasteiger partial charge on any atom is 0.261 e. The minimum Gasteiger partial charge on any atom is -0.338 e. The van der Waals surface area contributed by atoms with Gasteiger partial charge in [-0.1, -0.05) is 12.1 Å². The molecular weight excluding hydrogens is 361 g/mol. The fourth-order valence-corrected chi connectivity index (χ4v) is 3.69. The zero-order valence-corrected chi connectivity index (χ0v) is 15.6. The second kappa shape index (κ2) is 8.02. The summed E-state index contributed by atoms with van der Waals surface area (Å²) in [5.74, 6) is -0.242. The van der Waals surface area contributed by atoms with Gasteiger partial charge in [-0.25, -0.2) is 14.4 Å². The molecule has 3 heterocycles. The molecule has 2 aliphatic rings. The Kier molecular flexibility index (Phi) is 5.29. The fourth-order valence-electron chi connectivity index (χ4n) is 3.69. The molecule has 0 N–H and O–H groups in total. The predicted octanol–water partition coefficient (Wildman–Crippen LogP) is 1.81. The van der Waals surface area contributed by atoms with Crippen molar-refractivity contribution in [1.29, 1.82) is 0 Å². The van der Waals surface area contributed by atoms with E-state index >= 15 is 0 Å². The molecule has 0 atom stereocenters. The molecule has 0 radical (unpaired) electrons. The van der Waals surface area contributed by atoms with E-state index in [-0.39, 0.29) is 11.8 Å². The molecular formula is C20H22FN5O2. The average Bonchev–Trinajstić information content (AvgIpc) is 2.97. The molecule has 4 rings (SSSR count). The molecule has 1 saturated heterocycles. The maximum atomic E-state index is 12.9. The van der Waals surface area contributed by atoms with E-state index in [2.05, 4.69) is 19.8 Å². The Morgan fingerprint density at radius 3 is 2.04 bits per heavy atom. The minimum atomic E-state index is -0.430. The third-order valence-corrected chi connectivity index (χ3v) is 5.25. The van der Waals surface area contributed by atoms with Crippen LogP contribution in [-0.4, -0.2) is 70.9 Å². The molecule has 0 bridgehead atoms. The first kappa shape index (κ1) is 18.5. The highest BCUT2D eigenvalue weighted by atomic mass is 19.1. The van der Waals surface area contributed by atoms with E-state index in [1.54, 1.807) is 24.3 Å². The summed E-state index contributed by atoms with van der Waals surface area (Å²) in [5.41, 5.74) is 1.01. The zero-order chi connectivity index (χ0) is 19.5. The summed E-state index contributed by atoms with van der Waals surface area (Å²) in [6, 6.07) is 6.98. The Bertz CT molecular complexity index is 830. The van der Waals surface area contributed by atoms with Crippen LogP contribution in [0.15, 0.2) is 36.7 Å². The fraction of sp³-hybridized carbons (Fsp3) is 0.400. The molecule has 0 aliphatic carbocycles. The molecule has 0 spiro atoms. The number of unbranched alkanes of at least 4 members (excludes halogenated alkanes) is 1. The number of hydrogen-bond donors (Lipinski definition) is 0. The minimum absolute atomic E-state index is 0.187. The number of amides is 2. The van der Waals surface area contributed by atoms with E-state index in [4.69, 9.17) is 0 Å². The smallest absolute Gasteiger partial charge is 0.261 e. The lowest BCUT2D eigenvalue weighted by Crippen LogP contribution is -2.47. The topological polar surface area (TPSA) is 69.6 Å². The van der Waals surface area contributed by atoms with Crippen molar-refractivity contribution in [3.8, 4) is 0 Å². The van der Waals surface area contributed by atoms with Gasteiger partial charge in [-0.2, -0.15) is 0 Å². The predicted molar refractivity (Wildman–Crippen MR) is 102 cm³/mol. The molecule has 146 valence electrons. The average molecular weight is 383 g/mol. The van der Waals surface area contributed by atoms with Gasteiger partial charge in [-0.3, -0.25) is 19.4 Å². The summed E-state index contributed by atoms with van der Waals surface area (Å²) >= 11 is 0. The Labute approximate surface area is 162 Å². The van der Waals surface area contributed by atoms with Gasteiger partial charge in [-0.05, 0) is 31.5 Å². The maximum absolute atomic E-state index is 12.9. The molecule has 2 aliphatic heterocycles. The Balaban J connectivity index is 1.19. The molecule has 28 heavy (non-hydrogen) atoms. The van der Waals surface area contributed by atoms with Crippen molar-refractivity contribution in [3.05, 3.63) is 53.6 Å². The lowest BCUT2D eigenvalue weighted by molar-refractivity contribution is 0.0650. The number of carbonyl (C=O) groups excluding carboxylic acids is 2. The van der Waals surface area contributed by atoms with Crippen LogP contribution in [0, 0.1) is 5.82 Å². The van der Waals surface area contributed by atoms with E-state index in [9.17, 15) is 14.0 Å². The number of benzene rings is 1. The molecule has 1 fully saturated rings. The Morgan fingerprint density at radius 1 is 0.857 bits per heavy atom. The van der Waals surface area contributed by atoms with E-state index in [0.717, 1.165) is 45.6 Å². The van der Waals surface area contributed by atoms with Gasteiger partial charge in [0.15, 0.2) is 5.82 Å². The van der Waals surface area contributed by atoms with Crippen molar-refractivity contribution in [2.45, 2.75) is 12.8 Å². The van der Waals surface area contributed by atoms with Gasteiger partial charge in [0, 0.05) is 32.7 Å². The molecule has 1 aromatic carbocycles. The molecule has 2 aromatic rings. The number of nitrogens with zero attached hydrogens (tertiary/aromatic N) is 5. The van der Waals surface area contributed by atoms with Crippen LogP contribution >= 0.6 is 0 Å². The zero-order valence-electron chi connectivity index (χ0n) is 15.6. The van der Waals surface area contributed by atoms with Crippen molar-refractivity contribution in [1.82, 2.24) is 19.8 Å². The molecule has 7 nitrogen and oxygen atoms in total. The van der Waals surface area contributed by atoms with Gasteiger partial charge in [0.1, 0.15) is 0 Å². The number of rotatable bonds is 6. The first-order valence-corrected chi connectivity index (χ1v) is 9.53. The summed E-state index contributed by atoms with van der Waals surface area (Å²) in [7, 11) is 0. The monoisotopic (exact) mass is 383 g/mol. The first-order valence-electron chi connectivity index (χ1n) is 9.53. The van der Waals surface area contributed by atoms with Crippen LogP contribution in [0.1, 0.15) is 33.6 Å². The lowest BCUT2D eigenvalue weighted by Gasteiger charge is -2.34. The van der Waals surface area contributed by atoms with Crippen LogP contribution in [0.2, 0.25) is 0 Å². The number of carbonyl (C=O) groups is 2. The van der Waals surface area contributed by atoms with Crippen LogP contribution in [0.5, 0.6) is 0 Å². The van der Waals surface area contributed by atoms with Crippen LogP contribution in [-0.2, 0) is 0 Å². The largest absolute Gasteiger partial charge is 0.338 e. The number of imide groups is 1. The van der Waals surface area contributed by atoms with Crippen LogP contribution in [0.25, 0.3) is 0 Å². The highest BCUT2D eigenvalue weighted by molar-refractivity contribution is 6.21. The van der Waals surface area contributed by atoms with E-state index < -0.39 is 5.82 Å². The van der Waals surface area contributed by atoms with E-state index in [0.29, 0.717) is 23.6 Å². The number of halogens is 1. The second-order valence-corrected chi connectivity index (χ2v) is 7.04. The molecule has 0 saturated carbocycles. The van der Waals surface area contributed by atoms with Gasteiger partial charge in [0.05, 0.1) is 23.5 Å². The highest BCUT2D eigenvalue weighted by Crippen LogP contribution is 2.22. The van der Waals surface area contributed by atoms with Crippen molar-refractivity contribution in [2.75, 3.05) is 44.2 Å². The number of piperazine rings is 1. The molecule has 8 heteroatoms. The second-order valence-electron chi connectivity index (χ2n) is 7.04. The number of aromatic nitrogens is 2. The highest BCUT2D eigenvalue weighted by Gasteiger charge is 2.34. The Morgan fingerprint density at radius 2 is 1.43 bits per heavy atom. The standard InChI is InChI=1S/C20H22FN5O2/c21-15-13-22-20(23-14-15)25-11-9-24(10-12-25)7-3-4-8-26-18(27)16-5-1-2-6-17(16)19(26)28/h1-2,5-6,13-14H,3-4,7-12H2. The number of hydrogen-bond acceptors (Lipinski definition) is 6. The van der Waals surface area contributed by atoms with Crippen molar-refractivity contribution < 1.29 is 14.0 Å². The summed E-state index contributed by atoms with van der Waals surface area (Å²) < 4.78 is 12.9. The summed E-state index contributed by atoms with van der Waals surface area (Å²) in [5, 5.41) is 0. The first-order chi connectivity index (χ1) is 13.6. The summed E-state index contributed by atoms with van der Waals surface area (Å²) in [6.45, 7) is 4.73.